The summed E-state index contributed by atoms with van der Waals surface area (Å²) in [5.74, 6) is -1.24. The molecule has 1 aliphatic heterocycles. The van der Waals surface area contributed by atoms with E-state index in [9.17, 15) is 22.9 Å². The second-order valence-electron chi connectivity index (χ2n) is 7.00. The number of nitrogens with one attached hydrogen (secondary N) is 1. The summed E-state index contributed by atoms with van der Waals surface area (Å²) in [7, 11) is -3.71. The van der Waals surface area contributed by atoms with E-state index >= 15 is 0 Å². The van der Waals surface area contributed by atoms with Gasteiger partial charge in [-0.1, -0.05) is 30.7 Å². The summed E-state index contributed by atoms with van der Waals surface area (Å²) in [6, 6.07) is 10.8. The largest absolute Gasteiger partial charge is 0.332 e. The molecule has 1 amide bonds. The predicted molar refractivity (Wildman–Crippen MR) is 106 cm³/mol. The molecule has 29 heavy (non-hydrogen) atoms. The van der Waals surface area contributed by atoms with Crippen LogP contribution in [0.5, 0.6) is 0 Å². The van der Waals surface area contributed by atoms with Crippen molar-refractivity contribution < 1.29 is 17.6 Å². The van der Waals surface area contributed by atoms with Crippen molar-refractivity contribution in [3.63, 3.8) is 0 Å². The molecule has 8 heteroatoms. The Morgan fingerprint density at radius 3 is 2.52 bits per heavy atom. The highest BCUT2D eigenvalue weighted by atomic mass is 32.2. The molecule has 1 N–H and O–H groups in total. The minimum absolute atomic E-state index is 0.0524. The molecule has 0 radical (unpaired) electrons. The van der Waals surface area contributed by atoms with Gasteiger partial charge in [0.05, 0.1) is 11.0 Å². The number of benzene rings is 2. The van der Waals surface area contributed by atoms with Gasteiger partial charge in [0.1, 0.15) is 11.9 Å². The number of amides is 1. The Hall–Kier alpha value is -2.76. The van der Waals surface area contributed by atoms with Crippen LogP contribution in [0.15, 0.2) is 47.4 Å². The number of rotatable bonds is 5. The van der Waals surface area contributed by atoms with Crippen molar-refractivity contribution in [1.29, 1.82) is 5.26 Å². The van der Waals surface area contributed by atoms with Crippen LogP contribution in [0.4, 0.5) is 4.39 Å². The normalized spacial score (nSPS) is 16.0. The van der Waals surface area contributed by atoms with Gasteiger partial charge in [-0.3, -0.25) is 4.79 Å². The molecule has 1 atom stereocenters. The van der Waals surface area contributed by atoms with Crippen molar-refractivity contribution in [3.8, 4) is 6.07 Å². The average Bonchev–Trinajstić information content (AvgIpc) is 2.73. The molecular weight excluding hydrogens is 393 g/mol. The van der Waals surface area contributed by atoms with Gasteiger partial charge in [-0.05, 0) is 43.5 Å². The smallest absolute Gasteiger partial charge is 0.252 e. The number of aryl methyl sites for hydroxylation is 1. The van der Waals surface area contributed by atoms with E-state index in [1.807, 2.05) is 6.07 Å². The van der Waals surface area contributed by atoms with Crippen LogP contribution >= 0.6 is 0 Å². The Kier molecular flexibility index (Phi) is 6.30. The minimum atomic E-state index is -3.71. The molecule has 1 aliphatic rings. The van der Waals surface area contributed by atoms with Crippen molar-refractivity contribution in [1.82, 2.24) is 9.62 Å². The molecule has 6 nitrogen and oxygen atoms in total. The van der Waals surface area contributed by atoms with Gasteiger partial charge >= 0.3 is 0 Å². The Labute approximate surface area is 170 Å². The lowest BCUT2D eigenvalue weighted by atomic mass is 10.1. The van der Waals surface area contributed by atoms with Crippen molar-refractivity contribution in [2.24, 2.45) is 0 Å². The summed E-state index contributed by atoms with van der Waals surface area (Å²) in [6.07, 6.45) is 2.62. The molecule has 2 aromatic carbocycles. The Morgan fingerprint density at radius 1 is 1.17 bits per heavy atom. The van der Waals surface area contributed by atoms with Crippen LogP contribution in [0.2, 0.25) is 0 Å². The van der Waals surface area contributed by atoms with E-state index in [4.69, 9.17) is 0 Å². The molecule has 152 valence electrons. The average molecular weight is 415 g/mol. The quantitative estimate of drug-likeness (QED) is 0.811. The summed E-state index contributed by atoms with van der Waals surface area (Å²) >= 11 is 0. The Bertz CT molecular complexity index is 1060. The molecule has 0 spiro atoms. The first kappa shape index (κ1) is 21.0. The third kappa shape index (κ3) is 4.47. The van der Waals surface area contributed by atoms with Gasteiger partial charge in [0.15, 0.2) is 0 Å². The van der Waals surface area contributed by atoms with Gasteiger partial charge < -0.3 is 5.32 Å². The molecule has 2 aromatic rings. The zero-order chi connectivity index (χ0) is 21.0. The van der Waals surface area contributed by atoms with Crippen LogP contribution in [-0.4, -0.2) is 31.7 Å². The van der Waals surface area contributed by atoms with Gasteiger partial charge in [0.25, 0.3) is 5.91 Å². The molecule has 1 heterocycles. The SMILES string of the molecule is Cc1ccc(C(=O)NC(C#N)c2ccccc2F)cc1S(=O)(=O)N1CCCCC1. The predicted octanol–water partition coefficient (Wildman–Crippen LogP) is 3.30. The van der Waals surface area contributed by atoms with E-state index in [0.717, 1.165) is 19.3 Å². The second-order valence-corrected chi connectivity index (χ2v) is 8.91. The Balaban J connectivity index is 1.88. The van der Waals surface area contributed by atoms with E-state index in [1.165, 1.54) is 34.6 Å². The van der Waals surface area contributed by atoms with Crippen LogP contribution < -0.4 is 5.32 Å². The molecule has 1 saturated heterocycles. The summed E-state index contributed by atoms with van der Waals surface area (Å²) < 4.78 is 41.5. The van der Waals surface area contributed by atoms with Gasteiger partial charge in [0, 0.05) is 24.2 Å². The van der Waals surface area contributed by atoms with Crippen molar-refractivity contribution in [3.05, 3.63) is 65.0 Å². The van der Waals surface area contributed by atoms with Gasteiger partial charge in [0.2, 0.25) is 10.0 Å². The number of sulfonamides is 1. The number of halogens is 1. The number of hydrogen-bond acceptors (Lipinski definition) is 4. The lowest BCUT2D eigenvalue weighted by Crippen LogP contribution is -2.36. The number of nitriles is 1. The number of nitrogens with zero attached hydrogens (tertiary/aromatic N) is 2. The maximum absolute atomic E-state index is 14.0. The van der Waals surface area contributed by atoms with E-state index in [0.29, 0.717) is 18.7 Å². The fraction of sp³-hybridized carbons (Fsp3) is 0.333. The topological polar surface area (TPSA) is 90.3 Å². The maximum Gasteiger partial charge on any atom is 0.252 e. The van der Waals surface area contributed by atoms with E-state index in [2.05, 4.69) is 5.32 Å². The Morgan fingerprint density at radius 2 is 1.86 bits per heavy atom. The zero-order valence-corrected chi connectivity index (χ0v) is 16.9. The van der Waals surface area contributed by atoms with Gasteiger partial charge in [-0.25, -0.2) is 12.8 Å². The summed E-state index contributed by atoms with van der Waals surface area (Å²) in [5.41, 5.74) is 0.692. The molecular formula is C21H22FN3O3S. The third-order valence-electron chi connectivity index (χ3n) is 5.00. The lowest BCUT2D eigenvalue weighted by molar-refractivity contribution is 0.0944. The number of piperidine rings is 1. The standard InChI is InChI=1S/C21H22FN3O3S/c1-15-9-10-16(13-20(15)29(27,28)25-11-5-2-6-12-25)21(26)24-19(14-23)17-7-3-4-8-18(17)22/h3-4,7-10,13,19H,2,5-6,11-12H2,1H3,(H,24,26). The summed E-state index contributed by atoms with van der Waals surface area (Å²) in [4.78, 5) is 12.7. The lowest BCUT2D eigenvalue weighted by Gasteiger charge is -2.26. The van der Waals surface area contributed by atoms with E-state index < -0.39 is 27.8 Å². The van der Waals surface area contributed by atoms with Crippen molar-refractivity contribution >= 4 is 15.9 Å². The van der Waals surface area contributed by atoms with Crippen LogP contribution in [-0.2, 0) is 10.0 Å². The maximum atomic E-state index is 14.0. The van der Waals surface area contributed by atoms with E-state index in [1.54, 1.807) is 19.1 Å². The van der Waals surface area contributed by atoms with E-state index in [-0.39, 0.29) is 16.0 Å². The second kappa shape index (κ2) is 8.72. The number of carbonyl (C=O) groups excluding carboxylic acids is 1. The molecule has 1 fully saturated rings. The third-order valence-corrected chi connectivity index (χ3v) is 7.04. The number of hydrogen-bond donors (Lipinski definition) is 1. The fourth-order valence-electron chi connectivity index (χ4n) is 3.37. The zero-order valence-electron chi connectivity index (χ0n) is 16.1. The first-order chi connectivity index (χ1) is 13.8. The summed E-state index contributed by atoms with van der Waals surface area (Å²) in [6.45, 7) is 2.60. The molecule has 3 rings (SSSR count). The highest BCUT2D eigenvalue weighted by Crippen LogP contribution is 2.25. The molecule has 0 aliphatic carbocycles. The summed E-state index contributed by atoms with van der Waals surface area (Å²) in [5, 5.41) is 11.8. The fourth-order valence-corrected chi connectivity index (χ4v) is 5.13. The van der Waals surface area contributed by atoms with Crippen LogP contribution in [0.25, 0.3) is 0 Å². The first-order valence-corrected chi connectivity index (χ1v) is 10.8. The molecule has 0 bridgehead atoms. The van der Waals surface area contributed by atoms with Crippen molar-refractivity contribution in [2.75, 3.05) is 13.1 Å². The molecule has 0 saturated carbocycles. The molecule has 0 aromatic heterocycles. The van der Waals surface area contributed by atoms with Crippen LogP contribution in [0.3, 0.4) is 0 Å². The van der Waals surface area contributed by atoms with Gasteiger partial charge in [-0.15, -0.1) is 0 Å². The molecule has 1 unspecified atom stereocenters. The monoisotopic (exact) mass is 415 g/mol. The van der Waals surface area contributed by atoms with Gasteiger partial charge in [-0.2, -0.15) is 9.57 Å². The van der Waals surface area contributed by atoms with Crippen molar-refractivity contribution in [2.45, 2.75) is 37.1 Å². The minimum Gasteiger partial charge on any atom is -0.332 e. The van der Waals surface area contributed by atoms with Crippen LogP contribution in [0, 0.1) is 24.1 Å². The van der Waals surface area contributed by atoms with Crippen LogP contribution in [0.1, 0.15) is 46.8 Å². The first-order valence-electron chi connectivity index (χ1n) is 9.40. The highest BCUT2D eigenvalue weighted by molar-refractivity contribution is 7.89. The highest BCUT2D eigenvalue weighted by Gasteiger charge is 2.28. The number of carbonyl (C=O) groups is 1.